The third kappa shape index (κ3) is 2.04. The third-order valence-electron chi connectivity index (χ3n) is 3.30. The number of nitrogens with zero attached hydrogens (tertiary/aromatic N) is 3. The molecule has 3 rings (SSSR count). The molecule has 1 aromatic rings. The molecule has 1 saturated carbocycles. The van der Waals surface area contributed by atoms with Crippen molar-refractivity contribution in [1.29, 1.82) is 0 Å². The van der Waals surface area contributed by atoms with Gasteiger partial charge in [-0.25, -0.2) is 0 Å². The van der Waals surface area contributed by atoms with Gasteiger partial charge in [0.1, 0.15) is 11.6 Å². The quantitative estimate of drug-likeness (QED) is 0.796. The van der Waals surface area contributed by atoms with Crippen molar-refractivity contribution < 1.29 is 0 Å². The summed E-state index contributed by atoms with van der Waals surface area (Å²) in [6.45, 7) is 2.18. The third-order valence-corrected chi connectivity index (χ3v) is 3.30. The highest BCUT2D eigenvalue weighted by Crippen LogP contribution is 2.18. The van der Waals surface area contributed by atoms with Crippen LogP contribution in [0.25, 0.3) is 0 Å². The molecule has 0 spiro atoms. The summed E-state index contributed by atoms with van der Waals surface area (Å²) in [6, 6.07) is 0.800. The van der Waals surface area contributed by atoms with Crippen LogP contribution in [0.15, 0.2) is 0 Å². The highest BCUT2D eigenvalue weighted by molar-refractivity contribution is 4.99. The van der Waals surface area contributed by atoms with E-state index in [2.05, 4.69) is 20.1 Å². The molecule has 1 aromatic heterocycles. The molecular formula is C11H18N4. The number of hydrogen-bond acceptors (Lipinski definition) is 3. The Labute approximate surface area is 90.1 Å². The smallest absolute Gasteiger partial charge is 0.134 e. The summed E-state index contributed by atoms with van der Waals surface area (Å²) in [6.07, 6.45) is 7.43. The van der Waals surface area contributed by atoms with Crippen LogP contribution in [0.1, 0.15) is 37.3 Å². The fourth-order valence-electron chi connectivity index (χ4n) is 2.23. The summed E-state index contributed by atoms with van der Waals surface area (Å²) in [5.74, 6) is 2.38. The largest absolute Gasteiger partial charge is 0.315 e. The second-order valence-electron chi connectivity index (χ2n) is 4.62. The molecule has 0 bridgehead atoms. The average Bonchev–Trinajstić information content (AvgIpc) is 3.00. The van der Waals surface area contributed by atoms with Crippen molar-refractivity contribution in [3.05, 3.63) is 11.6 Å². The van der Waals surface area contributed by atoms with Crippen molar-refractivity contribution in [3.8, 4) is 0 Å². The zero-order chi connectivity index (χ0) is 10.1. The Morgan fingerprint density at radius 1 is 1.27 bits per heavy atom. The minimum absolute atomic E-state index is 0.800. The minimum atomic E-state index is 0.800. The monoisotopic (exact) mass is 206 g/mol. The van der Waals surface area contributed by atoms with Crippen LogP contribution in [-0.2, 0) is 19.4 Å². The van der Waals surface area contributed by atoms with Gasteiger partial charge in [0.15, 0.2) is 0 Å². The zero-order valence-corrected chi connectivity index (χ0v) is 9.08. The van der Waals surface area contributed by atoms with Gasteiger partial charge in [-0.1, -0.05) is 0 Å². The molecule has 0 radical (unpaired) electrons. The first-order chi connectivity index (χ1) is 7.43. The maximum Gasteiger partial charge on any atom is 0.134 e. The molecule has 0 saturated heterocycles. The Balaban J connectivity index is 1.60. The van der Waals surface area contributed by atoms with Crippen LogP contribution in [0.4, 0.5) is 0 Å². The molecule has 4 nitrogen and oxygen atoms in total. The van der Waals surface area contributed by atoms with E-state index in [1.807, 2.05) is 0 Å². The lowest BCUT2D eigenvalue weighted by Crippen LogP contribution is -2.22. The van der Waals surface area contributed by atoms with Crippen LogP contribution in [0.2, 0.25) is 0 Å². The first-order valence-electron chi connectivity index (χ1n) is 6.08. The maximum absolute atomic E-state index is 4.29. The van der Waals surface area contributed by atoms with Gasteiger partial charge in [-0.15, -0.1) is 10.2 Å². The Bertz CT molecular complexity index is 340. The minimum Gasteiger partial charge on any atom is -0.315 e. The molecule has 4 heteroatoms. The van der Waals surface area contributed by atoms with Gasteiger partial charge in [0, 0.05) is 32.0 Å². The summed E-state index contributed by atoms with van der Waals surface area (Å²) in [7, 11) is 0. The van der Waals surface area contributed by atoms with Crippen LogP contribution in [-0.4, -0.2) is 27.4 Å². The molecule has 0 amide bonds. The number of fused-ring (bicyclic) bond motifs is 1. The van der Waals surface area contributed by atoms with E-state index in [9.17, 15) is 0 Å². The first kappa shape index (κ1) is 9.33. The molecule has 1 aliphatic heterocycles. The van der Waals surface area contributed by atoms with Gasteiger partial charge in [-0.3, -0.25) is 0 Å². The number of aromatic nitrogens is 3. The van der Waals surface area contributed by atoms with E-state index in [4.69, 9.17) is 0 Å². The Kier molecular flexibility index (Phi) is 2.44. The molecule has 1 N–H and O–H groups in total. The summed E-state index contributed by atoms with van der Waals surface area (Å²) in [4.78, 5) is 0. The zero-order valence-electron chi connectivity index (χ0n) is 9.08. The Hall–Kier alpha value is -0.900. The Morgan fingerprint density at radius 2 is 2.20 bits per heavy atom. The predicted molar refractivity (Wildman–Crippen MR) is 57.7 cm³/mol. The predicted octanol–water partition coefficient (Wildman–Crippen LogP) is 0.909. The molecule has 0 unspecified atom stereocenters. The van der Waals surface area contributed by atoms with Crippen LogP contribution in [0.5, 0.6) is 0 Å². The molecule has 1 fully saturated rings. The van der Waals surface area contributed by atoms with E-state index < -0.39 is 0 Å². The lowest BCUT2D eigenvalue weighted by atomic mass is 10.1. The highest BCUT2D eigenvalue weighted by Gasteiger charge is 2.20. The van der Waals surface area contributed by atoms with Gasteiger partial charge in [-0.2, -0.15) is 0 Å². The molecule has 1 aliphatic carbocycles. The Morgan fingerprint density at radius 3 is 3.07 bits per heavy atom. The fraction of sp³-hybridized carbons (Fsp3) is 0.818. The van der Waals surface area contributed by atoms with Crippen molar-refractivity contribution in [3.63, 3.8) is 0 Å². The van der Waals surface area contributed by atoms with Gasteiger partial charge < -0.3 is 9.88 Å². The second kappa shape index (κ2) is 3.93. The van der Waals surface area contributed by atoms with Crippen molar-refractivity contribution in [2.24, 2.45) is 0 Å². The van der Waals surface area contributed by atoms with Crippen LogP contribution in [0.3, 0.4) is 0 Å². The number of nitrogens with one attached hydrogen (secondary N) is 1. The highest BCUT2D eigenvalue weighted by atomic mass is 15.3. The van der Waals surface area contributed by atoms with Gasteiger partial charge in [0.2, 0.25) is 0 Å². The van der Waals surface area contributed by atoms with E-state index in [0.29, 0.717) is 0 Å². The second-order valence-corrected chi connectivity index (χ2v) is 4.62. The maximum atomic E-state index is 4.29. The molecule has 0 atom stereocenters. The lowest BCUT2D eigenvalue weighted by Gasteiger charge is -2.14. The number of rotatable bonds is 4. The number of hydrogen-bond donors (Lipinski definition) is 1. The van der Waals surface area contributed by atoms with Crippen molar-refractivity contribution in [2.75, 3.05) is 6.54 Å². The molecule has 15 heavy (non-hydrogen) atoms. The van der Waals surface area contributed by atoms with Crippen LogP contribution >= 0.6 is 0 Å². The standard InChI is InChI=1S/C11H18N4/c1-2-8-15-10(3-1)13-14-11(15)6-7-12-9-4-5-9/h9,12H,1-8H2. The molecule has 82 valence electrons. The summed E-state index contributed by atoms with van der Waals surface area (Å²) < 4.78 is 2.32. The van der Waals surface area contributed by atoms with Crippen LogP contribution in [0, 0.1) is 0 Å². The number of aryl methyl sites for hydroxylation is 1. The normalized spacial score (nSPS) is 20.3. The van der Waals surface area contributed by atoms with Gasteiger partial charge in [0.25, 0.3) is 0 Å². The topological polar surface area (TPSA) is 42.7 Å². The fourth-order valence-corrected chi connectivity index (χ4v) is 2.23. The van der Waals surface area contributed by atoms with E-state index >= 15 is 0 Å². The van der Waals surface area contributed by atoms with E-state index in [-0.39, 0.29) is 0 Å². The molecule has 2 heterocycles. The molecule has 0 aromatic carbocycles. The summed E-state index contributed by atoms with van der Waals surface area (Å²) >= 11 is 0. The van der Waals surface area contributed by atoms with Gasteiger partial charge in [0.05, 0.1) is 0 Å². The van der Waals surface area contributed by atoms with E-state index in [1.165, 1.54) is 37.3 Å². The van der Waals surface area contributed by atoms with E-state index in [0.717, 1.165) is 32.0 Å². The van der Waals surface area contributed by atoms with Crippen molar-refractivity contribution in [2.45, 2.75) is 51.1 Å². The van der Waals surface area contributed by atoms with E-state index in [1.54, 1.807) is 0 Å². The molecule has 2 aliphatic rings. The SMILES string of the molecule is C1CCn2c(nnc2CCNC2CC2)C1. The first-order valence-corrected chi connectivity index (χ1v) is 6.08. The van der Waals surface area contributed by atoms with Crippen LogP contribution < -0.4 is 5.32 Å². The summed E-state index contributed by atoms with van der Waals surface area (Å²) in [5, 5.41) is 12.1. The average molecular weight is 206 g/mol. The lowest BCUT2D eigenvalue weighted by molar-refractivity contribution is 0.503. The van der Waals surface area contributed by atoms with Gasteiger partial charge in [-0.05, 0) is 25.7 Å². The summed E-state index contributed by atoms with van der Waals surface area (Å²) in [5.41, 5.74) is 0. The van der Waals surface area contributed by atoms with Gasteiger partial charge >= 0.3 is 0 Å². The van der Waals surface area contributed by atoms with Crippen molar-refractivity contribution >= 4 is 0 Å². The molecular weight excluding hydrogens is 188 g/mol. The van der Waals surface area contributed by atoms with Crippen molar-refractivity contribution in [1.82, 2.24) is 20.1 Å².